The number of rotatable bonds is 7. The summed E-state index contributed by atoms with van der Waals surface area (Å²) in [6, 6.07) is 8.63. The highest BCUT2D eigenvalue weighted by atomic mass is 16.4. The van der Waals surface area contributed by atoms with E-state index in [-0.39, 0.29) is 5.41 Å². The summed E-state index contributed by atoms with van der Waals surface area (Å²) < 4.78 is 0. The quantitative estimate of drug-likeness (QED) is 0.348. The Morgan fingerprint density at radius 2 is 1.90 bits per heavy atom. The van der Waals surface area contributed by atoms with Crippen molar-refractivity contribution < 1.29 is 5.21 Å². The van der Waals surface area contributed by atoms with Gasteiger partial charge in [-0.2, -0.15) is 0 Å². The molecule has 0 saturated heterocycles. The Bertz CT molecular complexity index is 438. The number of nitrogens with zero attached hydrogens (tertiary/aromatic N) is 2. The normalized spacial score (nSPS) is 12.9. The number of hydrogen-bond donors (Lipinski definition) is 2. The van der Waals surface area contributed by atoms with Crippen LogP contribution < -0.4 is 5.73 Å². The van der Waals surface area contributed by atoms with Crippen LogP contribution in [0.2, 0.25) is 0 Å². The van der Waals surface area contributed by atoms with E-state index in [2.05, 4.69) is 48.3 Å². The third-order valence-electron chi connectivity index (χ3n) is 3.72. The van der Waals surface area contributed by atoms with E-state index in [1.807, 2.05) is 13.8 Å². The van der Waals surface area contributed by atoms with E-state index in [9.17, 15) is 0 Å². The van der Waals surface area contributed by atoms with Gasteiger partial charge in [0.2, 0.25) is 0 Å². The summed E-state index contributed by atoms with van der Waals surface area (Å²) in [5, 5.41) is 11.9. The first-order valence-corrected chi connectivity index (χ1v) is 7.07. The Morgan fingerprint density at radius 3 is 2.45 bits per heavy atom. The fourth-order valence-electron chi connectivity index (χ4n) is 2.14. The Kier molecular flexibility index (Phi) is 6.02. The predicted molar refractivity (Wildman–Crippen MR) is 83.9 cm³/mol. The van der Waals surface area contributed by atoms with Gasteiger partial charge in [-0.05, 0) is 38.9 Å². The van der Waals surface area contributed by atoms with Crippen molar-refractivity contribution in [3.63, 3.8) is 0 Å². The first kappa shape index (κ1) is 16.5. The molecule has 0 aliphatic heterocycles. The summed E-state index contributed by atoms with van der Waals surface area (Å²) in [7, 11) is 2.12. The van der Waals surface area contributed by atoms with E-state index < -0.39 is 0 Å². The van der Waals surface area contributed by atoms with Crippen LogP contribution in [0.3, 0.4) is 0 Å². The van der Waals surface area contributed by atoms with Gasteiger partial charge in [-0.1, -0.05) is 48.8 Å². The minimum atomic E-state index is -0.251. The van der Waals surface area contributed by atoms with Crippen molar-refractivity contribution in [2.45, 2.75) is 40.2 Å². The molecule has 1 aromatic carbocycles. The van der Waals surface area contributed by atoms with Crippen LogP contribution in [0.1, 0.15) is 37.8 Å². The Morgan fingerprint density at radius 1 is 1.30 bits per heavy atom. The minimum absolute atomic E-state index is 0.251. The standard InChI is InChI=1S/C16H27N3O/c1-13-6-8-14(9-7-13)12-19(4)11-5-10-16(2,3)15(17)18-20/h6-9,20H,5,10-12H2,1-4H3,(H2,17,18). The highest BCUT2D eigenvalue weighted by Gasteiger charge is 2.22. The summed E-state index contributed by atoms with van der Waals surface area (Å²) in [6.45, 7) is 8.05. The molecule has 0 spiro atoms. The van der Waals surface area contributed by atoms with E-state index >= 15 is 0 Å². The van der Waals surface area contributed by atoms with Crippen molar-refractivity contribution in [1.29, 1.82) is 0 Å². The van der Waals surface area contributed by atoms with Crippen molar-refractivity contribution in [3.05, 3.63) is 35.4 Å². The van der Waals surface area contributed by atoms with Gasteiger partial charge in [0.05, 0.1) is 0 Å². The zero-order valence-corrected chi connectivity index (χ0v) is 13.1. The van der Waals surface area contributed by atoms with Crippen molar-refractivity contribution in [1.82, 2.24) is 4.90 Å². The Balaban J connectivity index is 2.37. The monoisotopic (exact) mass is 277 g/mol. The molecule has 0 atom stereocenters. The second kappa shape index (κ2) is 7.29. The molecular formula is C16H27N3O. The first-order valence-electron chi connectivity index (χ1n) is 7.07. The maximum Gasteiger partial charge on any atom is 0.144 e. The smallest absolute Gasteiger partial charge is 0.144 e. The molecule has 4 nitrogen and oxygen atoms in total. The third kappa shape index (κ3) is 5.21. The highest BCUT2D eigenvalue weighted by Crippen LogP contribution is 2.22. The van der Waals surface area contributed by atoms with Gasteiger partial charge in [0.15, 0.2) is 0 Å². The van der Waals surface area contributed by atoms with Gasteiger partial charge < -0.3 is 15.8 Å². The third-order valence-corrected chi connectivity index (χ3v) is 3.72. The highest BCUT2D eigenvalue weighted by molar-refractivity contribution is 5.85. The summed E-state index contributed by atoms with van der Waals surface area (Å²) in [5.74, 6) is 0.304. The molecule has 112 valence electrons. The average molecular weight is 277 g/mol. The Labute approximate surface area is 122 Å². The molecular weight excluding hydrogens is 250 g/mol. The van der Waals surface area contributed by atoms with Crippen molar-refractivity contribution in [2.24, 2.45) is 16.3 Å². The topological polar surface area (TPSA) is 61.8 Å². The number of oxime groups is 1. The van der Waals surface area contributed by atoms with Crippen LogP contribution in [-0.4, -0.2) is 29.5 Å². The van der Waals surface area contributed by atoms with E-state index in [1.54, 1.807) is 0 Å². The van der Waals surface area contributed by atoms with E-state index in [0.717, 1.165) is 25.9 Å². The lowest BCUT2D eigenvalue weighted by Gasteiger charge is -2.24. The van der Waals surface area contributed by atoms with Gasteiger partial charge in [0, 0.05) is 12.0 Å². The molecule has 20 heavy (non-hydrogen) atoms. The lowest BCUT2D eigenvalue weighted by molar-refractivity contribution is 0.287. The van der Waals surface area contributed by atoms with Crippen LogP contribution in [0.25, 0.3) is 0 Å². The molecule has 0 unspecified atom stereocenters. The van der Waals surface area contributed by atoms with Crippen LogP contribution in [0, 0.1) is 12.3 Å². The lowest BCUT2D eigenvalue weighted by atomic mass is 9.86. The largest absolute Gasteiger partial charge is 0.409 e. The zero-order chi connectivity index (χ0) is 15.2. The number of aryl methyl sites for hydroxylation is 1. The van der Waals surface area contributed by atoms with Crippen LogP contribution in [0.4, 0.5) is 0 Å². The van der Waals surface area contributed by atoms with Crippen LogP contribution in [0.5, 0.6) is 0 Å². The molecule has 0 aliphatic carbocycles. The number of benzene rings is 1. The fraction of sp³-hybridized carbons (Fsp3) is 0.562. The maximum atomic E-state index is 8.75. The number of nitrogens with two attached hydrogens (primary N) is 1. The summed E-state index contributed by atoms with van der Waals surface area (Å²) in [5.41, 5.74) is 8.06. The van der Waals surface area contributed by atoms with Gasteiger partial charge in [-0.3, -0.25) is 0 Å². The molecule has 1 aromatic rings. The number of amidine groups is 1. The molecule has 1 rings (SSSR count). The van der Waals surface area contributed by atoms with E-state index in [0.29, 0.717) is 5.84 Å². The molecule has 4 heteroatoms. The van der Waals surface area contributed by atoms with Crippen LogP contribution >= 0.6 is 0 Å². The predicted octanol–water partition coefficient (Wildman–Crippen LogP) is 2.98. The van der Waals surface area contributed by atoms with Crippen molar-refractivity contribution >= 4 is 5.84 Å². The van der Waals surface area contributed by atoms with Crippen molar-refractivity contribution in [3.8, 4) is 0 Å². The van der Waals surface area contributed by atoms with Crippen LogP contribution in [-0.2, 0) is 6.54 Å². The molecule has 3 N–H and O–H groups in total. The van der Waals surface area contributed by atoms with Crippen LogP contribution in [0.15, 0.2) is 29.4 Å². The fourth-order valence-corrected chi connectivity index (χ4v) is 2.14. The molecule has 0 heterocycles. The summed E-state index contributed by atoms with van der Waals surface area (Å²) in [6.07, 6.45) is 1.92. The van der Waals surface area contributed by atoms with Gasteiger partial charge in [-0.15, -0.1) is 0 Å². The summed E-state index contributed by atoms with van der Waals surface area (Å²) in [4.78, 5) is 2.30. The SMILES string of the molecule is Cc1ccc(CN(C)CCCC(C)(C)C(N)=NO)cc1. The number of hydrogen-bond acceptors (Lipinski definition) is 3. The minimum Gasteiger partial charge on any atom is -0.409 e. The lowest BCUT2D eigenvalue weighted by Crippen LogP contribution is -2.32. The maximum absolute atomic E-state index is 8.75. The van der Waals surface area contributed by atoms with Gasteiger partial charge in [0.25, 0.3) is 0 Å². The van der Waals surface area contributed by atoms with Gasteiger partial charge in [-0.25, -0.2) is 0 Å². The molecule has 0 fully saturated rings. The second-order valence-corrected chi connectivity index (χ2v) is 6.20. The average Bonchev–Trinajstić information content (AvgIpc) is 2.40. The van der Waals surface area contributed by atoms with Crippen molar-refractivity contribution in [2.75, 3.05) is 13.6 Å². The zero-order valence-electron chi connectivity index (χ0n) is 13.1. The molecule has 0 radical (unpaired) electrons. The first-order chi connectivity index (χ1) is 9.35. The summed E-state index contributed by atoms with van der Waals surface area (Å²) >= 11 is 0. The molecule has 0 aromatic heterocycles. The van der Waals surface area contributed by atoms with E-state index in [4.69, 9.17) is 10.9 Å². The molecule has 0 amide bonds. The van der Waals surface area contributed by atoms with Gasteiger partial charge >= 0.3 is 0 Å². The molecule has 0 bridgehead atoms. The van der Waals surface area contributed by atoms with E-state index in [1.165, 1.54) is 11.1 Å². The molecule has 0 aliphatic rings. The van der Waals surface area contributed by atoms with Gasteiger partial charge in [0.1, 0.15) is 5.84 Å². The second-order valence-electron chi connectivity index (χ2n) is 6.20. The Hall–Kier alpha value is -1.55. The molecule has 0 saturated carbocycles.